The summed E-state index contributed by atoms with van der Waals surface area (Å²) in [5.41, 5.74) is 0.0611. The van der Waals surface area contributed by atoms with E-state index < -0.39 is 17.9 Å². The number of ketones is 1. The lowest BCUT2D eigenvalue weighted by Gasteiger charge is -2.10. The average molecular weight is 284 g/mol. The number of hydrogen-bond acceptors (Lipinski definition) is 4. The van der Waals surface area contributed by atoms with Gasteiger partial charge in [-0.2, -0.15) is 0 Å². The van der Waals surface area contributed by atoms with Crippen molar-refractivity contribution in [2.45, 2.75) is 71.3 Å². The fourth-order valence-corrected chi connectivity index (χ4v) is 2.00. The van der Waals surface area contributed by atoms with E-state index >= 15 is 0 Å². The van der Waals surface area contributed by atoms with E-state index in [-0.39, 0.29) is 5.57 Å². The Balaban J connectivity index is 4.09. The van der Waals surface area contributed by atoms with Gasteiger partial charge < -0.3 is 9.84 Å². The van der Waals surface area contributed by atoms with Crippen molar-refractivity contribution in [3.05, 3.63) is 11.6 Å². The molecule has 0 saturated carbocycles. The molecule has 0 unspecified atom stereocenters. The molecule has 0 aromatic carbocycles. The third-order valence-corrected chi connectivity index (χ3v) is 3.27. The number of rotatable bonds is 11. The largest absolute Gasteiger partial charge is 0.466 e. The van der Waals surface area contributed by atoms with Crippen LogP contribution in [0.5, 0.6) is 0 Å². The van der Waals surface area contributed by atoms with Crippen molar-refractivity contribution < 1.29 is 19.4 Å². The van der Waals surface area contributed by atoms with Crippen LogP contribution in [0.1, 0.15) is 65.2 Å². The molecule has 0 heterocycles. The molecule has 0 amide bonds. The molecule has 0 rings (SSSR count). The molecular weight excluding hydrogens is 256 g/mol. The first-order valence-corrected chi connectivity index (χ1v) is 7.51. The normalized spacial score (nSPS) is 13.1. The molecule has 1 N–H and O–H groups in total. The Kier molecular flexibility index (Phi) is 11.0. The summed E-state index contributed by atoms with van der Waals surface area (Å²) < 4.78 is 4.59. The first-order chi connectivity index (χ1) is 9.54. The van der Waals surface area contributed by atoms with Crippen LogP contribution >= 0.6 is 0 Å². The zero-order valence-electron chi connectivity index (χ0n) is 13.0. The maximum atomic E-state index is 11.5. The van der Waals surface area contributed by atoms with Crippen molar-refractivity contribution in [3.8, 4) is 0 Å². The first-order valence-electron chi connectivity index (χ1n) is 7.51. The van der Waals surface area contributed by atoms with Crippen LogP contribution in [0.2, 0.25) is 0 Å². The summed E-state index contributed by atoms with van der Waals surface area (Å²) in [6.45, 7) is 3.45. The molecule has 0 bridgehead atoms. The van der Waals surface area contributed by atoms with Crippen molar-refractivity contribution in [3.63, 3.8) is 0 Å². The molecular formula is C16H28O4. The predicted octanol–water partition coefficient (Wildman–Crippen LogP) is 3.18. The highest BCUT2D eigenvalue weighted by Gasteiger charge is 2.22. The Morgan fingerprint density at radius 1 is 1.10 bits per heavy atom. The quantitative estimate of drug-likeness (QED) is 0.359. The third-order valence-electron chi connectivity index (χ3n) is 3.27. The predicted molar refractivity (Wildman–Crippen MR) is 79.4 cm³/mol. The van der Waals surface area contributed by atoms with Gasteiger partial charge in [0.25, 0.3) is 0 Å². The van der Waals surface area contributed by atoms with Crippen LogP contribution in [0.4, 0.5) is 0 Å². The van der Waals surface area contributed by atoms with Crippen molar-refractivity contribution in [1.82, 2.24) is 0 Å². The monoisotopic (exact) mass is 284 g/mol. The molecule has 4 nitrogen and oxygen atoms in total. The lowest BCUT2D eigenvalue weighted by atomic mass is 10.0. The number of unbranched alkanes of at least 4 members (excludes halogenated alkanes) is 7. The molecule has 0 aliphatic rings. The summed E-state index contributed by atoms with van der Waals surface area (Å²) in [5, 5.41) is 9.67. The fourth-order valence-electron chi connectivity index (χ4n) is 2.00. The van der Waals surface area contributed by atoms with E-state index in [1.165, 1.54) is 46.1 Å². The smallest absolute Gasteiger partial charge is 0.336 e. The summed E-state index contributed by atoms with van der Waals surface area (Å²) in [6, 6.07) is 0. The summed E-state index contributed by atoms with van der Waals surface area (Å²) in [5.74, 6) is -1.07. The van der Waals surface area contributed by atoms with Gasteiger partial charge >= 0.3 is 5.97 Å². The maximum Gasteiger partial charge on any atom is 0.336 e. The standard InChI is InChI=1S/C16H28O4/c1-4-5-6-7-8-9-10-11-12-14(16(19)20-3)15(18)13(2)17/h12,15,18H,4-11H2,1-3H3/b14-12-/t15-/m1/s1. The van der Waals surface area contributed by atoms with E-state index in [2.05, 4.69) is 11.7 Å². The fraction of sp³-hybridized carbons (Fsp3) is 0.750. The van der Waals surface area contributed by atoms with Gasteiger partial charge in [0.1, 0.15) is 6.10 Å². The molecule has 0 spiro atoms. The number of methoxy groups -OCH3 is 1. The Labute approximate surface area is 122 Å². The number of carbonyl (C=O) groups excluding carboxylic acids is 2. The minimum atomic E-state index is -1.37. The van der Waals surface area contributed by atoms with Gasteiger partial charge in [0.2, 0.25) is 0 Å². The number of aliphatic hydroxyl groups excluding tert-OH is 1. The van der Waals surface area contributed by atoms with Crippen LogP contribution in [-0.2, 0) is 14.3 Å². The molecule has 0 fully saturated rings. The lowest BCUT2D eigenvalue weighted by Crippen LogP contribution is -2.25. The second kappa shape index (κ2) is 11.6. The van der Waals surface area contributed by atoms with Gasteiger partial charge in [-0.1, -0.05) is 51.5 Å². The van der Waals surface area contributed by atoms with Crippen LogP contribution in [0.3, 0.4) is 0 Å². The van der Waals surface area contributed by atoms with E-state index in [0.29, 0.717) is 6.42 Å². The summed E-state index contributed by atoms with van der Waals surface area (Å²) in [7, 11) is 1.25. The van der Waals surface area contributed by atoms with Crippen LogP contribution in [0, 0.1) is 0 Å². The van der Waals surface area contributed by atoms with Crippen molar-refractivity contribution >= 4 is 11.8 Å². The van der Waals surface area contributed by atoms with E-state index in [1.807, 2.05) is 0 Å². The highest BCUT2D eigenvalue weighted by Crippen LogP contribution is 2.12. The van der Waals surface area contributed by atoms with Gasteiger partial charge in [-0.3, -0.25) is 4.79 Å². The van der Waals surface area contributed by atoms with Gasteiger partial charge in [0, 0.05) is 0 Å². The molecule has 0 aromatic heterocycles. The average Bonchev–Trinajstić information content (AvgIpc) is 2.44. The summed E-state index contributed by atoms with van der Waals surface area (Å²) >= 11 is 0. The number of aliphatic hydroxyl groups is 1. The number of allylic oxidation sites excluding steroid dienone is 1. The molecule has 4 heteroatoms. The molecule has 20 heavy (non-hydrogen) atoms. The van der Waals surface area contributed by atoms with Crippen molar-refractivity contribution in [2.24, 2.45) is 0 Å². The zero-order valence-corrected chi connectivity index (χ0v) is 13.0. The van der Waals surface area contributed by atoms with Crippen LogP contribution in [0.25, 0.3) is 0 Å². The Morgan fingerprint density at radius 3 is 2.15 bits per heavy atom. The van der Waals surface area contributed by atoms with E-state index in [1.54, 1.807) is 6.08 Å². The minimum Gasteiger partial charge on any atom is -0.466 e. The van der Waals surface area contributed by atoms with E-state index in [4.69, 9.17) is 0 Å². The van der Waals surface area contributed by atoms with Crippen LogP contribution < -0.4 is 0 Å². The highest BCUT2D eigenvalue weighted by molar-refractivity contribution is 5.98. The zero-order chi connectivity index (χ0) is 15.4. The first kappa shape index (κ1) is 18.8. The maximum absolute atomic E-state index is 11.5. The van der Waals surface area contributed by atoms with E-state index in [0.717, 1.165) is 12.8 Å². The Morgan fingerprint density at radius 2 is 1.65 bits per heavy atom. The summed E-state index contributed by atoms with van der Waals surface area (Å²) in [6.07, 6.45) is 9.25. The van der Waals surface area contributed by atoms with Crippen LogP contribution in [-0.4, -0.2) is 30.1 Å². The van der Waals surface area contributed by atoms with Crippen molar-refractivity contribution in [2.75, 3.05) is 7.11 Å². The number of carbonyl (C=O) groups is 2. The number of hydrogen-bond donors (Lipinski definition) is 1. The van der Waals surface area contributed by atoms with Gasteiger partial charge in [0.15, 0.2) is 5.78 Å². The Hall–Kier alpha value is -1.16. The number of Topliss-reactive ketones (excluding diaryl/α,β-unsaturated/α-hetero) is 1. The molecule has 0 aliphatic heterocycles. The summed E-state index contributed by atoms with van der Waals surface area (Å²) in [4.78, 5) is 22.6. The molecule has 1 atom stereocenters. The van der Waals surface area contributed by atoms with Gasteiger partial charge in [-0.05, 0) is 19.8 Å². The number of esters is 1. The van der Waals surface area contributed by atoms with Crippen LogP contribution in [0.15, 0.2) is 11.6 Å². The molecule has 116 valence electrons. The third kappa shape index (κ3) is 8.10. The highest BCUT2D eigenvalue weighted by atomic mass is 16.5. The second-order valence-electron chi connectivity index (χ2n) is 5.07. The lowest BCUT2D eigenvalue weighted by molar-refractivity contribution is -0.139. The molecule has 0 saturated heterocycles. The Bertz CT molecular complexity index is 320. The van der Waals surface area contributed by atoms with Gasteiger partial charge in [-0.25, -0.2) is 4.79 Å². The van der Waals surface area contributed by atoms with Gasteiger partial charge in [0.05, 0.1) is 12.7 Å². The SMILES string of the molecule is CCCCCCCCC/C=C(\C(=O)OC)[C@H](O)C(C)=O. The van der Waals surface area contributed by atoms with Gasteiger partial charge in [-0.15, -0.1) is 0 Å². The number of ether oxygens (including phenoxy) is 1. The minimum absolute atomic E-state index is 0.0611. The molecule has 0 radical (unpaired) electrons. The topological polar surface area (TPSA) is 63.6 Å². The van der Waals surface area contributed by atoms with Crippen molar-refractivity contribution in [1.29, 1.82) is 0 Å². The second-order valence-corrected chi connectivity index (χ2v) is 5.07. The molecule has 0 aromatic rings. The molecule has 0 aliphatic carbocycles. The van der Waals surface area contributed by atoms with E-state index in [9.17, 15) is 14.7 Å².